The number of aromatic nitrogens is 5. The molecule has 0 saturated heterocycles. The van der Waals surface area contributed by atoms with Crippen LogP contribution in [0.4, 0.5) is 8.78 Å². The second kappa shape index (κ2) is 7.63. The fourth-order valence-corrected chi connectivity index (χ4v) is 3.75. The summed E-state index contributed by atoms with van der Waals surface area (Å²) in [4.78, 5) is 13.0. The third-order valence-electron chi connectivity index (χ3n) is 4.17. The topological polar surface area (TPSA) is 48.5 Å². The Bertz CT molecular complexity index is 1120. The highest BCUT2D eigenvalue weighted by Gasteiger charge is 2.16. The number of rotatable bonds is 5. The molecule has 0 aliphatic carbocycles. The second-order valence-electron chi connectivity index (χ2n) is 5.96. The van der Waals surface area contributed by atoms with E-state index in [2.05, 4.69) is 53.5 Å². The lowest BCUT2D eigenvalue weighted by molar-refractivity contribution is 0.451. The van der Waals surface area contributed by atoms with Gasteiger partial charge < -0.3 is 9.13 Å². The molecule has 0 aliphatic heterocycles. The normalized spacial score (nSPS) is 11.4. The molecule has 0 fully saturated rings. The van der Waals surface area contributed by atoms with E-state index in [9.17, 15) is 8.78 Å². The SMILES string of the molecule is FCCn1c(-c2cncc(Cn3cncc3I)c2)nc2cc(F)c(Br)cc21. The predicted molar refractivity (Wildman–Crippen MR) is 111 cm³/mol. The Hall–Kier alpha value is -1.88. The zero-order valence-corrected chi connectivity index (χ0v) is 17.7. The monoisotopic (exact) mass is 543 g/mol. The number of hydrogen-bond donors (Lipinski definition) is 0. The van der Waals surface area contributed by atoms with Crippen molar-refractivity contribution in [3.63, 3.8) is 0 Å². The van der Waals surface area contributed by atoms with Crippen LogP contribution in [-0.2, 0) is 13.1 Å². The number of halogens is 4. The van der Waals surface area contributed by atoms with Crippen molar-refractivity contribution in [1.29, 1.82) is 0 Å². The molecule has 0 atom stereocenters. The van der Waals surface area contributed by atoms with E-state index < -0.39 is 12.5 Å². The van der Waals surface area contributed by atoms with Gasteiger partial charge >= 0.3 is 0 Å². The van der Waals surface area contributed by atoms with Crippen LogP contribution in [0.3, 0.4) is 0 Å². The molecule has 27 heavy (non-hydrogen) atoms. The molecule has 0 unspecified atom stereocenters. The van der Waals surface area contributed by atoms with Crippen LogP contribution in [0.5, 0.6) is 0 Å². The molecule has 3 aromatic heterocycles. The highest BCUT2D eigenvalue weighted by Crippen LogP contribution is 2.29. The lowest BCUT2D eigenvalue weighted by atomic mass is 10.2. The third-order valence-corrected chi connectivity index (χ3v) is 5.67. The Labute approximate surface area is 175 Å². The first-order chi connectivity index (χ1) is 13.1. The minimum Gasteiger partial charge on any atom is -0.322 e. The molecule has 138 valence electrons. The van der Waals surface area contributed by atoms with Gasteiger partial charge in [-0.2, -0.15) is 0 Å². The van der Waals surface area contributed by atoms with Crippen molar-refractivity contribution in [1.82, 2.24) is 24.1 Å². The number of alkyl halides is 1. The van der Waals surface area contributed by atoms with Gasteiger partial charge in [-0.15, -0.1) is 0 Å². The quantitative estimate of drug-likeness (QED) is 0.339. The summed E-state index contributed by atoms with van der Waals surface area (Å²) in [6.07, 6.45) is 7.00. The van der Waals surface area contributed by atoms with Crippen molar-refractivity contribution < 1.29 is 8.78 Å². The first kappa shape index (κ1) is 18.5. The molecule has 1 aromatic carbocycles. The van der Waals surface area contributed by atoms with Gasteiger partial charge in [0.25, 0.3) is 0 Å². The molecular formula is C18H13BrF2IN5. The summed E-state index contributed by atoms with van der Waals surface area (Å²) in [7, 11) is 0. The summed E-state index contributed by atoms with van der Waals surface area (Å²) in [6.45, 7) is 0.198. The predicted octanol–water partition coefficient (Wildman–Crippen LogP) is 4.82. The van der Waals surface area contributed by atoms with Crippen molar-refractivity contribution in [3.8, 4) is 11.4 Å². The number of hydrogen-bond acceptors (Lipinski definition) is 3. The molecule has 0 spiro atoms. The van der Waals surface area contributed by atoms with E-state index in [1.54, 1.807) is 35.6 Å². The summed E-state index contributed by atoms with van der Waals surface area (Å²) in [5.41, 5.74) is 2.87. The van der Waals surface area contributed by atoms with Gasteiger partial charge in [0.1, 0.15) is 18.3 Å². The van der Waals surface area contributed by atoms with Gasteiger partial charge in [0.05, 0.1) is 44.8 Å². The molecule has 0 saturated carbocycles. The molecule has 4 aromatic rings. The van der Waals surface area contributed by atoms with Crippen LogP contribution in [0.1, 0.15) is 5.56 Å². The maximum atomic E-state index is 13.9. The number of imidazole rings is 2. The summed E-state index contributed by atoms with van der Waals surface area (Å²) < 4.78 is 32.2. The maximum absolute atomic E-state index is 13.9. The van der Waals surface area contributed by atoms with E-state index in [1.807, 2.05) is 10.6 Å². The lowest BCUT2D eigenvalue weighted by Crippen LogP contribution is -2.04. The van der Waals surface area contributed by atoms with Crippen molar-refractivity contribution in [2.75, 3.05) is 6.67 Å². The van der Waals surface area contributed by atoms with Crippen LogP contribution in [0, 0.1) is 9.52 Å². The van der Waals surface area contributed by atoms with Gasteiger partial charge in [0.2, 0.25) is 0 Å². The van der Waals surface area contributed by atoms with Crippen molar-refractivity contribution in [2.45, 2.75) is 13.1 Å². The molecule has 0 amide bonds. The highest BCUT2D eigenvalue weighted by molar-refractivity contribution is 14.1. The first-order valence-corrected chi connectivity index (χ1v) is 9.95. The number of fused-ring (bicyclic) bond motifs is 1. The van der Waals surface area contributed by atoms with Crippen LogP contribution in [0.25, 0.3) is 22.4 Å². The second-order valence-corrected chi connectivity index (χ2v) is 7.92. The van der Waals surface area contributed by atoms with Crippen LogP contribution in [-0.4, -0.2) is 30.8 Å². The highest BCUT2D eigenvalue weighted by atomic mass is 127. The number of benzene rings is 1. The largest absolute Gasteiger partial charge is 0.322 e. The van der Waals surface area contributed by atoms with Gasteiger partial charge in [-0.3, -0.25) is 4.98 Å². The van der Waals surface area contributed by atoms with E-state index in [4.69, 9.17) is 0 Å². The Morgan fingerprint density at radius 2 is 1.96 bits per heavy atom. The Morgan fingerprint density at radius 3 is 2.70 bits per heavy atom. The smallest absolute Gasteiger partial charge is 0.142 e. The minimum atomic E-state index is -0.548. The summed E-state index contributed by atoms with van der Waals surface area (Å²) in [6, 6.07) is 4.94. The minimum absolute atomic E-state index is 0.132. The van der Waals surface area contributed by atoms with E-state index in [-0.39, 0.29) is 6.54 Å². The molecule has 0 N–H and O–H groups in total. The first-order valence-electron chi connectivity index (χ1n) is 8.08. The van der Waals surface area contributed by atoms with Crippen LogP contribution in [0.15, 0.2) is 47.6 Å². The lowest BCUT2D eigenvalue weighted by Gasteiger charge is -2.09. The molecule has 3 heterocycles. The Morgan fingerprint density at radius 1 is 1.11 bits per heavy atom. The Balaban J connectivity index is 1.80. The summed E-state index contributed by atoms with van der Waals surface area (Å²) in [5.74, 6) is 0.162. The fraction of sp³-hybridized carbons (Fsp3) is 0.167. The van der Waals surface area contributed by atoms with Gasteiger partial charge in [-0.1, -0.05) is 0 Å². The fourth-order valence-electron chi connectivity index (χ4n) is 2.97. The zero-order valence-electron chi connectivity index (χ0n) is 13.9. The summed E-state index contributed by atoms with van der Waals surface area (Å²) in [5, 5.41) is 0. The molecule has 0 aliphatic rings. The van der Waals surface area contributed by atoms with E-state index >= 15 is 0 Å². The van der Waals surface area contributed by atoms with Crippen LogP contribution in [0.2, 0.25) is 0 Å². The molecule has 0 radical (unpaired) electrons. The van der Waals surface area contributed by atoms with Crippen LogP contribution < -0.4 is 0 Å². The van der Waals surface area contributed by atoms with Crippen molar-refractivity contribution in [2.24, 2.45) is 0 Å². The maximum Gasteiger partial charge on any atom is 0.142 e. The van der Waals surface area contributed by atoms with Crippen molar-refractivity contribution >= 4 is 49.6 Å². The number of aryl methyl sites for hydroxylation is 1. The van der Waals surface area contributed by atoms with E-state index in [1.165, 1.54) is 6.07 Å². The number of nitrogens with zero attached hydrogens (tertiary/aromatic N) is 5. The van der Waals surface area contributed by atoms with Crippen molar-refractivity contribution in [3.05, 3.63) is 62.7 Å². The zero-order chi connectivity index (χ0) is 19.0. The average Bonchev–Trinajstić information content (AvgIpc) is 3.20. The third kappa shape index (κ3) is 3.62. The van der Waals surface area contributed by atoms with E-state index in [0.717, 1.165) is 14.8 Å². The number of pyridine rings is 1. The Kier molecular flexibility index (Phi) is 5.22. The molecule has 5 nitrogen and oxygen atoms in total. The molecule has 4 rings (SSSR count). The molecule has 9 heteroatoms. The van der Waals surface area contributed by atoms with Gasteiger partial charge in [0, 0.05) is 24.0 Å². The standard InChI is InChI=1S/C18H13BrF2IN5/c19-13-4-16-15(5-14(13)21)25-18(27(16)2-1-20)12-3-11(6-23-7-12)9-26-10-24-8-17(26)22/h3-8,10H,1-2,9H2. The average molecular weight is 544 g/mol. The van der Waals surface area contributed by atoms with Gasteiger partial charge in [0.15, 0.2) is 0 Å². The van der Waals surface area contributed by atoms with Crippen LogP contribution >= 0.6 is 38.5 Å². The summed E-state index contributed by atoms with van der Waals surface area (Å²) >= 11 is 5.40. The van der Waals surface area contributed by atoms with Gasteiger partial charge in [-0.05, 0) is 56.2 Å². The molecular weight excluding hydrogens is 531 g/mol. The van der Waals surface area contributed by atoms with Gasteiger partial charge in [-0.25, -0.2) is 18.7 Å². The van der Waals surface area contributed by atoms with E-state index in [0.29, 0.717) is 27.9 Å². The molecule has 0 bridgehead atoms.